The van der Waals surface area contributed by atoms with E-state index in [0.717, 1.165) is 26.2 Å². The number of rotatable bonds is 2. The van der Waals surface area contributed by atoms with E-state index in [1.807, 2.05) is 35.7 Å². The Morgan fingerprint density at radius 3 is 2.84 bits per heavy atom. The number of nitrogen functional groups attached to an aromatic ring is 1. The number of nitrogens with one attached hydrogen (secondary N) is 1. The molecule has 1 aromatic carbocycles. The number of hydrogen-bond donors (Lipinski definition) is 2. The van der Waals surface area contributed by atoms with Gasteiger partial charge in [-0.25, -0.2) is 0 Å². The van der Waals surface area contributed by atoms with Gasteiger partial charge in [0, 0.05) is 14.9 Å². The minimum absolute atomic E-state index is 0.497. The molecular weight excluding hydrogens is 346 g/mol. The van der Waals surface area contributed by atoms with Gasteiger partial charge in [-0.15, -0.1) is 11.3 Å². The van der Waals surface area contributed by atoms with Crippen LogP contribution in [0.3, 0.4) is 0 Å². The topological polar surface area (TPSA) is 54.7 Å². The maximum absolute atomic E-state index is 6.14. The fourth-order valence-electron chi connectivity index (χ4n) is 1.89. The highest BCUT2D eigenvalue weighted by molar-refractivity contribution is 9.10. The van der Waals surface area contributed by atoms with E-state index in [0.29, 0.717) is 10.8 Å². The van der Waals surface area contributed by atoms with Gasteiger partial charge >= 0.3 is 0 Å². The summed E-state index contributed by atoms with van der Waals surface area (Å²) < 4.78 is 0.864. The Balaban J connectivity index is 2.18. The SMILES string of the molecule is Nc1n[nH]c(-c2ccc(Br)c(Cl)c2)c1-c1cccs1. The molecule has 0 aliphatic carbocycles. The quantitative estimate of drug-likeness (QED) is 0.694. The van der Waals surface area contributed by atoms with Crippen LogP contribution in [-0.4, -0.2) is 10.2 Å². The Morgan fingerprint density at radius 1 is 1.32 bits per heavy atom. The largest absolute Gasteiger partial charge is 0.382 e. The molecule has 2 heterocycles. The van der Waals surface area contributed by atoms with Gasteiger partial charge in [-0.3, -0.25) is 5.10 Å². The second kappa shape index (κ2) is 5.00. The van der Waals surface area contributed by atoms with Crippen molar-refractivity contribution in [3.8, 4) is 21.7 Å². The second-order valence-electron chi connectivity index (χ2n) is 3.97. The summed E-state index contributed by atoms with van der Waals surface area (Å²) >= 11 is 11.2. The molecule has 0 radical (unpaired) electrons. The van der Waals surface area contributed by atoms with E-state index in [4.69, 9.17) is 17.3 Å². The summed E-state index contributed by atoms with van der Waals surface area (Å²) in [4.78, 5) is 1.08. The van der Waals surface area contributed by atoms with Gasteiger partial charge in [-0.05, 0) is 39.5 Å². The van der Waals surface area contributed by atoms with Crippen molar-refractivity contribution in [1.82, 2.24) is 10.2 Å². The first-order valence-electron chi connectivity index (χ1n) is 5.50. The van der Waals surface area contributed by atoms with Crippen molar-refractivity contribution in [2.24, 2.45) is 0 Å². The molecule has 0 aliphatic heterocycles. The number of hydrogen-bond acceptors (Lipinski definition) is 3. The molecule has 0 atom stereocenters. The van der Waals surface area contributed by atoms with Crippen LogP contribution in [0, 0.1) is 0 Å². The fourth-order valence-corrected chi connectivity index (χ4v) is 3.10. The number of H-pyrrole nitrogens is 1. The number of halogens is 2. The maximum Gasteiger partial charge on any atom is 0.154 e. The van der Waals surface area contributed by atoms with Gasteiger partial charge in [-0.1, -0.05) is 23.7 Å². The number of aromatic nitrogens is 2. The third-order valence-corrected chi connectivity index (χ3v) is 4.89. The summed E-state index contributed by atoms with van der Waals surface area (Å²) in [5.74, 6) is 0.497. The summed E-state index contributed by atoms with van der Waals surface area (Å²) in [5, 5.41) is 9.76. The summed E-state index contributed by atoms with van der Waals surface area (Å²) in [7, 11) is 0. The lowest BCUT2D eigenvalue weighted by atomic mass is 10.1. The lowest BCUT2D eigenvalue weighted by Crippen LogP contribution is -1.87. The highest BCUT2D eigenvalue weighted by Gasteiger charge is 2.16. The first-order chi connectivity index (χ1) is 9.16. The number of thiophene rings is 1. The van der Waals surface area contributed by atoms with Crippen LogP contribution in [-0.2, 0) is 0 Å². The van der Waals surface area contributed by atoms with Gasteiger partial charge in [0.05, 0.1) is 16.3 Å². The molecular formula is C13H9BrClN3S. The monoisotopic (exact) mass is 353 g/mol. The van der Waals surface area contributed by atoms with Crippen LogP contribution in [0.25, 0.3) is 21.7 Å². The number of anilines is 1. The molecule has 0 fully saturated rings. The zero-order valence-electron chi connectivity index (χ0n) is 9.65. The van der Waals surface area contributed by atoms with Gasteiger partial charge in [0.25, 0.3) is 0 Å². The van der Waals surface area contributed by atoms with Crippen LogP contribution in [0.1, 0.15) is 0 Å². The van der Waals surface area contributed by atoms with Crippen LogP contribution in [0.4, 0.5) is 5.82 Å². The summed E-state index contributed by atoms with van der Waals surface area (Å²) in [6.07, 6.45) is 0. The van der Waals surface area contributed by atoms with Gasteiger partial charge in [0.2, 0.25) is 0 Å². The van der Waals surface area contributed by atoms with Crippen LogP contribution in [0.2, 0.25) is 5.02 Å². The van der Waals surface area contributed by atoms with E-state index in [2.05, 4.69) is 26.1 Å². The summed E-state index contributed by atoms with van der Waals surface area (Å²) in [6.45, 7) is 0. The average molecular weight is 355 g/mol. The molecule has 2 aromatic heterocycles. The first-order valence-corrected chi connectivity index (χ1v) is 7.55. The standard InChI is InChI=1S/C13H9BrClN3S/c14-8-4-3-7(6-9(8)15)12-11(13(16)18-17-12)10-2-1-5-19-10/h1-6H,(H3,16,17,18). The molecule has 96 valence electrons. The van der Waals surface area contributed by atoms with E-state index >= 15 is 0 Å². The molecule has 0 aliphatic rings. The minimum atomic E-state index is 0.497. The molecule has 3 nitrogen and oxygen atoms in total. The summed E-state index contributed by atoms with van der Waals surface area (Å²) in [5.41, 5.74) is 8.73. The van der Waals surface area contributed by atoms with E-state index < -0.39 is 0 Å². The Hall–Kier alpha value is -1.30. The van der Waals surface area contributed by atoms with Crippen molar-refractivity contribution in [3.63, 3.8) is 0 Å². The Labute approximate surface area is 127 Å². The van der Waals surface area contributed by atoms with Crippen LogP contribution >= 0.6 is 38.9 Å². The number of nitrogens with zero attached hydrogens (tertiary/aromatic N) is 1. The zero-order valence-corrected chi connectivity index (χ0v) is 12.8. The van der Waals surface area contributed by atoms with Crippen molar-refractivity contribution >= 4 is 44.7 Å². The van der Waals surface area contributed by atoms with Crippen molar-refractivity contribution in [1.29, 1.82) is 0 Å². The molecule has 19 heavy (non-hydrogen) atoms. The average Bonchev–Trinajstić information content (AvgIpc) is 3.01. The van der Waals surface area contributed by atoms with E-state index in [-0.39, 0.29) is 0 Å². The van der Waals surface area contributed by atoms with Crippen molar-refractivity contribution < 1.29 is 0 Å². The van der Waals surface area contributed by atoms with E-state index in [1.54, 1.807) is 11.3 Å². The van der Waals surface area contributed by atoms with Gasteiger partial charge < -0.3 is 5.73 Å². The fraction of sp³-hybridized carbons (Fsp3) is 0. The lowest BCUT2D eigenvalue weighted by molar-refractivity contribution is 1.10. The maximum atomic E-state index is 6.14. The zero-order chi connectivity index (χ0) is 13.4. The molecule has 0 spiro atoms. The third kappa shape index (κ3) is 2.29. The molecule has 3 aromatic rings. The highest BCUT2D eigenvalue weighted by atomic mass is 79.9. The predicted octanol–water partition coefficient (Wildman–Crippen LogP) is 4.80. The molecule has 3 N–H and O–H groups in total. The van der Waals surface area contributed by atoms with E-state index in [1.165, 1.54) is 0 Å². The first kappa shape index (κ1) is 12.7. The van der Waals surface area contributed by atoms with Crippen LogP contribution < -0.4 is 5.73 Å². The molecule has 0 saturated carbocycles. The Bertz CT molecular complexity index is 722. The molecule has 0 amide bonds. The molecule has 0 bridgehead atoms. The smallest absolute Gasteiger partial charge is 0.154 e. The van der Waals surface area contributed by atoms with Crippen LogP contribution in [0.5, 0.6) is 0 Å². The molecule has 6 heteroatoms. The summed E-state index contributed by atoms with van der Waals surface area (Å²) in [6, 6.07) is 9.78. The normalized spacial score (nSPS) is 10.8. The molecule has 0 unspecified atom stereocenters. The second-order valence-corrected chi connectivity index (χ2v) is 6.17. The highest BCUT2D eigenvalue weighted by Crippen LogP contribution is 2.38. The van der Waals surface area contributed by atoms with Crippen molar-refractivity contribution in [3.05, 3.63) is 45.2 Å². The Morgan fingerprint density at radius 2 is 2.16 bits per heavy atom. The van der Waals surface area contributed by atoms with Gasteiger partial charge in [0.1, 0.15) is 0 Å². The van der Waals surface area contributed by atoms with Crippen LogP contribution in [0.15, 0.2) is 40.2 Å². The van der Waals surface area contributed by atoms with Gasteiger partial charge in [-0.2, -0.15) is 5.10 Å². The third-order valence-electron chi connectivity index (χ3n) is 2.77. The molecule has 0 saturated heterocycles. The van der Waals surface area contributed by atoms with E-state index in [9.17, 15) is 0 Å². The number of aromatic amines is 1. The number of benzene rings is 1. The minimum Gasteiger partial charge on any atom is -0.382 e. The Kier molecular flexibility index (Phi) is 3.35. The predicted molar refractivity (Wildman–Crippen MR) is 84.5 cm³/mol. The number of nitrogens with two attached hydrogens (primary N) is 1. The van der Waals surface area contributed by atoms with Gasteiger partial charge in [0.15, 0.2) is 5.82 Å². The lowest BCUT2D eigenvalue weighted by Gasteiger charge is -2.04. The molecule has 3 rings (SSSR count). The van der Waals surface area contributed by atoms with Crippen molar-refractivity contribution in [2.75, 3.05) is 5.73 Å². The van der Waals surface area contributed by atoms with Crippen molar-refractivity contribution in [2.45, 2.75) is 0 Å².